The molecule has 0 aliphatic rings. The van der Waals surface area contributed by atoms with Crippen molar-refractivity contribution in [3.05, 3.63) is 210 Å². The van der Waals surface area contributed by atoms with Gasteiger partial charge in [0, 0.05) is 58.4 Å². The molecule has 19 heteroatoms. The molecule has 19 nitrogen and oxygen atoms in total. The number of hydrogen-bond acceptors (Lipinski definition) is 15. The third kappa shape index (κ3) is 11.6. The molecular weight excluding hydrogens is 973 g/mol. The number of oxazole rings is 3. The number of nitrogen functional groups attached to an aromatic ring is 1. The largest absolute Gasteiger partial charge is 0.478 e. The van der Waals surface area contributed by atoms with Crippen LogP contribution in [0.25, 0.3) is 67.7 Å². The number of nitrogens with one attached hydrogen (secondary N) is 1. The second kappa shape index (κ2) is 22.2. The van der Waals surface area contributed by atoms with Crippen LogP contribution in [0.3, 0.4) is 0 Å². The van der Waals surface area contributed by atoms with Gasteiger partial charge < -0.3 is 33.9 Å². The third-order valence-electron chi connectivity index (χ3n) is 12.0. The number of carboxylic acids is 1. The Morgan fingerprint density at radius 1 is 0.526 bits per heavy atom. The molecule has 76 heavy (non-hydrogen) atoms. The molecule has 4 heterocycles. The van der Waals surface area contributed by atoms with E-state index in [2.05, 4.69) is 29.9 Å². The van der Waals surface area contributed by atoms with Crippen molar-refractivity contribution in [1.29, 1.82) is 0 Å². The van der Waals surface area contributed by atoms with E-state index in [0.29, 0.717) is 28.9 Å². The fourth-order valence-corrected chi connectivity index (χ4v) is 8.04. The number of aryl methyl sites for hydroxylation is 7. The second-order valence-corrected chi connectivity index (χ2v) is 17.6. The summed E-state index contributed by atoms with van der Waals surface area (Å²) in [5.74, 6) is 0.306. The average Bonchev–Trinajstić information content (AvgIpc) is 4.23. The number of nitrogens with two attached hydrogens (primary N) is 1. The SMILES string of the molecule is Cc1cc(N)ccc1-c1nc2cccc(C)c2o1.Cc1cc(NC(=O)c2ccon2)ccc1-c1nc2cccc(C)c2o1.Cc1cc([N+](=O)[O-])ccc1-c1nc2cccc(C)c2o1.Cc1cc([N+](=O)[O-])ccc1C(=O)O. The summed E-state index contributed by atoms with van der Waals surface area (Å²) in [7, 11) is 0. The van der Waals surface area contributed by atoms with Crippen LogP contribution in [-0.2, 0) is 0 Å². The van der Waals surface area contributed by atoms with Crippen LogP contribution in [-0.4, -0.2) is 46.9 Å². The lowest BCUT2D eigenvalue weighted by molar-refractivity contribution is -0.385. The highest BCUT2D eigenvalue weighted by Gasteiger charge is 2.18. The summed E-state index contributed by atoms with van der Waals surface area (Å²) >= 11 is 0. The number of rotatable bonds is 8. The van der Waals surface area contributed by atoms with Gasteiger partial charge in [-0.05, 0) is 154 Å². The Kier molecular flexibility index (Phi) is 15.2. The van der Waals surface area contributed by atoms with Gasteiger partial charge in [0.15, 0.2) is 22.4 Å². The van der Waals surface area contributed by atoms with Gasteiger partial charge >= 0.3 is 5.97 Å². The van der Waals surface area contributed by atoms with Gasteiger partial charge in [0.1, 0.15) is 22.8 Å². The minimum absolute atomic E-state index is 0.0681. The lowest BCUT2D eigenvalue weighted by Crippen LogP contribution is -2.12. The van der Waals surface area contributed by atoms with E-state index in [-0.39, 0.29) is 28.5 Å². The van der Waals surface area contributed by atoms with Crippen molar-refractivity contribution in [2.45, 2.75) is 48.5 Å². The molecule has 0 aliphatic carbocycles. The standard InChI is InChI=1S/C19H15N3O3.C15H12N2O3.C15H14N2O.C8H7NO4/c1-11-4-3-5-15-17(11)25-19(21-15)14-7-6-13(10-12(14)2)20-18(23)16-8-9-24-22-16;1-9-4-3-5-13-14(9)20-15(16-13)12-7-6-11(17(18)19)8-10(12)2;1-9-4-3-5-13-14(9)18-15(17-13)12-7-6-11(16)8-10(12)2;1-5-4-6(9(12)13)2-3-7(5)8(10)11/h3-10H,1-2H3,(H,20,23);3-8H,1-2H3;3-8H,16H2,1-2H3;2-4H,1H3,(H,10,11). The van der Waals surface area contributed by atoms with Crippen LogP contribution < -0.4 is 11.1 Å². The number of nitro benzene ring substituents is 2. The number of carbonyl (C=O) groups excluding carboxylic acids is 1. The number of nitro groups is 2. The molecule has 0 spiro atoms. The first-order valence-electron chi connectivity index (χ1n) is 23.4. The lowest BCUT2D eigenvalue weighted by Gasteiger charge is -2.07. The van der Waals surface area contributed by atoms with Gasteiger partial charge in [-0.3, -0.25) is 25.0 Å². The number of non-ortho nitro benzene ring substituents is 2. The first-order valence-corrected chi connectivity index (χ1v) is 23.4. The second-order valence-electron chi connectivity index (χ2n) is 17.6. The molecule has 0 unspecified atom stereocenters. The summed E-state index contributed by atoms with van der Waals surface area (Å²) in [6.07, 6.45) is 1.36. The van der Waals surface area contributed by atoms with E-state index in [4.69, 9.17) is 24.1 Å². The fourth-order valence-electron chi connectivity index (χ4n) is 8.04. The fraction of sp³-hybridized carbons (Fsp3) is 0.123. The Labute approximate surface area is 432 Å². The van der Waals surface area contributed by atoms with Crippen LogP contribution in [0, 0.1) is 68.7 Å². The molecule has 4 aromatic heterocycles. The molecular formula is C57H48N8O11. The predicted molar refractivity (Wildman–Crippen MR) is 287 cm³/mol. The monoisotopic (exact) mass is 1020 g/mol. The number of benzene rings is 7. The minimum Gasteiger partial charge on any atom is -0.478 e. The zero-order valence-electron chi connectivity index (χ0n) is 42.1. The summed E-state index contributed by atoms with van der Waals surface area (Å²) in [5, 5.41) is 36.1. The van der Waals surface area contributed by atoms with E-state index in [1.54, 1.807) is 6.07 Å². The smallest absolute Gasteiger partial charge is 0.335 e. The van der Waals surface area contributed by atoms with Crippen molar-refractivity contribution in [3.63, 3.8) is 0 Å². The Hall–Kier alpha value is -10.3. The van der Waals surface area contributed by atoms with Gasteiger partial charge in [-0.15, -0.1) is 0 Å². The molecule has 11 rings (SSSR count). The Morgan fingerprint density at radius 3 is 1.36 bits per heavy atom. The van der Waals surface area contributed by atoms with Crippen LogP contribution in [0.5, 0.6) is 0 Å². The predicted octanol–water partition coefficient (Wildman–Crippen LogP) is 13.7. The topological polar surface area (TPSA) is 283 Å². The van der Waals surface area contributed by atoms with Gasteiger partial charge in [-0.1, -0.05) is 41.6 Å². The van der Waals surface area contributed by atoms with E-state index in [1.165, 1.54) is 49.6 Å². The van der Waals surface area contributed by atoms with Crippen molar-refractivity contribution < 1.29 is 42.3 Å². The van der Waals surface area contributed by atoms with E-state index in [9.17, 15) is 29.8 Å². The molecule has 0 radical (unpaired) electrons. The molecule has 0 bridgehead atoms. The maximum absolute atomic E-state index is 12.0. The number of anilines is 2. The minimum atomic E-state index is -1.08. The zero-order valence-corrected chi connectivity index (χ0v) is 42.1. The van der Waals surface area contributed by atoms with E-state index < -0.39 is 15.8 Å². The van der Waals surface area contributed by atoms with E-state index >= 15 is 0 Å². The number of para-hydroxylation sites is 3. The number of amides is 1. The molecule has 4 N–H and O–H groups in total. The average molecular weight is 1020 g/mol. The number of nitrogens with zero attached hydrogens (tertiary/aromatic N) is 6. The Bertz CT molecular complexity index is 3990. The van der Waals surface area contributed by atoms with E-state index in [1.807, 2.05) is 133 Å². The molecule has 0 saturated heterocycles. The summed E-state index contributed by atoms with van der Waals surface area (Å²) in [4.78, 5) is 56.2. The van der Waals surface area contributed by atoms with Crippen LogP contribution in [0.2, 0.25) is 0 Å². The number of fused-ring (bicyclic) bond motifs is 3. The molecule has 0 fully saturated rings. The first-order chi connectivity index (χ1) is 36.3. The number of hydrogen-bond donors (Lipinski definition) is 3. The van der Waals surface area contributed by atoms with Gasteiger partial charge in [-0.25, -0.2) is 19.7 Å². The Morgan fingerprint density at radius 2 is 0.961 bits per heavy atom. The number of aromatic carboxylic acids is 1. The maximum Gasteiger partial charge on any atom is 0.335 e. The number of carboxylic acid groups (broad SMARTS) is 1. The highest BCUT2D eigenvalue weighted by Crippen LogP contribution is 2.33. The lowest BCUT2D eigenvalue weighted by atomic mass is 10.1. The molecule has 0 saturated carbocycles. The third-order valence-corrected chi connectivity index (χ3v) is 12.0. The normalized spacial score (nSPS) is 10.7. The van der Waals surface area contributed by atoms with Gasteiger partial charge in [0.2, 0.25) is 17.7 Å². The highest BCUT2D eigenvalue weighted by atomic mass is 16.6. The molecule has 11 aromatic rings. The van der Waals surface area contributed by atoms with Crippen molar-refractivity contribution >= 4 is 67.9 Å². The van der Waals surface area contributed by atoms with Gasteiger partial charge in [-0.2, -0.15) is 0 Å². The molecule has 382 valence electrons. The summed E-state index contributed by atoms with van der Waals surface area (Å²) in [5.41, 5.74) is 21.3. The Balaban J connectivity index is 0.000000138. The number of carbonyl (C=O) groups is 2. The van der Waals surface area contributed by atoms with Crippen molar-refractivity contribution in [2.24, 2.45) is 0 Å². The quantitative estimate of drug-likeness (QED) is 0.0724. The summed E-state index contributed by atoms with van der Waals surface area (Å²) in [6.45, 7) is 13.3. The highest BCUT2D eigenvalue weighted by molar-refractivity contribution is 6.03. The molecule has 7 aromatic carbocycles. The van der Waals surface area contributed by atoms with Gasteiger partial charge in [0.05, 0.1) is 15.4 Å². The van der Waals surface area contributed by atoms with Crippen molar-refractivity contribution in [3.8, 4) is 34.4 Å². The van der Waals surface area contributed by atoms with Crippen LogP contribution >= 0.6 is 0 Å². The zero-order chi connectivity index (χ0) is 54.4. The summed E-state index contributed by atoms with van der Waals surface area (Å²) in [6, 6.07) is 38.7. The van der Waals surface area contributed by atoms with Crippen molar-refractivity contribution in [2.75, 3.05) is 11.1 Å². The molecule has 1 amide bonds. The van der Waals surface area contributed by atoms with E-state index in [0.717, 1.165) is 89.1 Å². The molecule has 0 aliphatic heterocycles. The van der Waals surface area contributed by atoms with Crippen molar-refractivity contribution in [1.82, 2.24) is 20.1 Å². The molecule has 0 atom stereocenters. The van der Waals surface area contributed by atoms with Crippen LogP contribution in [0.1, 0.15) is 59.8 Å². The maximum atomic E-state index is 12.0. The first kappa shape index (κ1) is 52.0. The number of aromatic nitrogens is 4. The summed E-state index contributed by atoms with van der Waals surface area (Å²) < 4.78 is 22.2. The van der Waals surface area contributed by atoms with Crippen LogP contribution in [0.4, 0.5) is 22.7 Å². The van der Waals surface area contributed by atoms with Crippen LogP contribution in [0.15, 0.2) is 157 Å². The van der Waals surface area contributed by atoms with Gasteiger partial charge in [0.25, 0.3) is 17.3 Å².